The molecule has 1 saturated carbocycles. The van der Waals surface area contributed by atoms with Crippen LogP contribution in [0.4, 0.5) is 0 Å². The molecule has 3 nitrogen and oxygen atoms in total. The Labute approximate surface area is 98.8 Å². The summed E-state index contributed by atoms with van der Waals surface area (Å²) in [7, 11) is 0. The van der Waals surface area contributed by atoms with Gasteiger partial charge >= 0.3 is 0 Å². The van der Waals surface area contributed by atoms with Crippen molar-refractivity contribution in [3.8, 4) is 0 Å². The second kappa shape index (κ2) is 5.99. The van der Waals surface area contributed by atoms with Crippen LogP contribution in [0.25, 0.3) is 0 Å². The summed E-state index contributed by atoms with van der Waals surface area (Å²) in [6.07, 6.45) is 4.88. The maximum absolute atomic E-state index is 9.91. The molecule has 0 bridgehead atoms. The number of hydrogen-bond acceptors (Lipinski definition) is 3. The highest BCUT2D eigenvalue weighted by atomic mass is 16.5. The molecule has 0 aromatic heterocycles. The van der Waals surface area contributed by atoms with Gasteiger partial charge in [0.1, 0.15) is 0 Å². The lowest BCUT2D eigenvalue weighted by Gasteiger charge is -2.36. The van der Waals surface area contributed by atoms with Gasteiger partial charge in [-0.3, -0.25) is 0 Å². The maximum atomic E-state index is 9.91. The molecule has 2 atom stereocenters. The van der Waals surface area contributed by atoms with E-state index in [0.29, 0.717) is 5.92 Å². The minimum Gasteiger partial charge on any atom is -0.393 e. The summed E-state index contributed by atoms with van der Waals surface area (Å²) in [5, 5.41) is 9.91. The quantitative estimate of drug-likeness (QED) is 0.772. The molecule has 94 valence electrons. The van der Waals surface area contributed by atoms with E-state index in [9.17, 15) is 5.11 Å². The molecule has 0 aromatic carbocycles. The molecule has 1 heterocycles. The summed E-state index contributed by atoms with van der Waals surface area (Å²) in [5.41, 5.74) is 0. The van der Waals surface area contributed by atoms with Crippen LogP contribution >= 0.6 is 0 Å². The second-order valence-corrected chi connectivity index (χ2v) is 5.34. The monoisotopic (exact) mass is 227 g/mol. The second-order valence-electron chi connectivity index (χ2n) is 5.34. The van der Waals surface area contributed by atoms with Crippen molar-refractivity contribution in [3.63, 3.8) is 0 Å². The Morgan fingerprint density at radius 3 is 2.62 bits per heavy atom. The molecule has 0 aromatic rings. The van der Waals surface area contributed by atoms with Crippen LogP contribution in [0.15, 0.2) is 0 Å². The fourth-order valence-electron chi connectivity index (χ4n) is 2.66. The normalized spacial score (nSPS) is 31.7. The van der Waals surface area contributed by atoms with Crippen LogP contribution in [-0.2, 0) is 4.74 Å². The van der Waals surface area contributed by atoms with E-state index < -0.39 is 0 Å². The van der Waals surface area contributed by atoms with Crippen LogP contribution in [-0.4, -0.2) is 49.0 Å². The lowest BCUT2D eigenvalue weighted by molar-refractivity contribution is -0.0481. The van der Waals surface area contributed by atoms with Crippen molar-refractivity contribution in [2.24, 2.45) is 11.8 Å². The molecule has 2 aliphatic rings. The number of rotatable bonds is 5. The van der Waals surface area contributed by atoms with E-state index in [-0.39, 0.29) is 6.10 Å². The minimum atomic E-state index is -0.149. The Morgan fingerprint density at radius 1 is 1.25 bits per heavy atom. The Morgan fingerprint density at radius 2 is 2.06 bits per heavy atom. The topological polar surface area (TPSA) is 32.7 Å². The number of aliphatic hydroxyl groups excluding tert-OH is 1. The molecule has 1 saturated heterocycles. The van der Waals surface area contributed by atoms with E-state index in [1.54, 1.807) is 0 Å². The summed E-state index contributed by atoms with van der Waals surface area (Å²) in [5.74, 6) is 1.25. The smallest absolute Gasteiger partial charge is 0.0624 e. The zero-order chi connectivity index (χ0) is 11.4. The van der Waals surface area contributed by atoms with Crippen LogP contribution in [0, 0.1) is 11.8 Å². The summed E-state index contributed by atoms with van der Waals surface area (Å²) >= 11 is 0. The highest BCUT2D eigenvalue weighted by Crippen LogP contribution is 2.27. The lowest BCUT2D eigenvalue weighted by Crippen LogP contribution is -2.43. The molecular weight excluding hydrogens is 202 g/mol. The minimum absolute atomic E-state index is 0.149. The van der Waals surface area contributed by atoms with Crippen molar-refractivity contribution < 1.29 is 9.84 Å². The van der Waals surface area contributed by atoms with E-state index in [1.807, 2.05) is 0 Å². The number of ether oxygens (including phenoxy) is 1. The first kappa shape index (κ1) is 12.3. The highest BCUT2D eigenvalue weighted by Gasteiger charge is 2.27. The lowest BCUT2D eigenvalue weighted by atomic mass is 9.85. The van der Waals surface area contributed by atoms with Crippen LogP contribution in [0.3, 0.4) is 0 Å². The standard InChI is InChI=1S/C13H25NO2/c1-2-14(8-11-4-3-5-11)9-12-10-16-7-6-13(12)15/h11-13,15H,2-10H2,1H3. The average Bonchev–Trinajstić information content (AvgIpc) is 2.24. The van der Waals surface area contributed by atoms with Crippen molar-refractivity contribution in [2.45, 2.75) is 38.7 Å². The highest BCUT2D eigenvalue weighted by molar-refractivity contribution is 4.79. The third-order valence-electron chi connectivity index (χ3n) is 4.12. The van der Waals surface area contributed by atoms with Crippen molar-refractivity contribution >= 4 is 0 Å². The van der Waals surface area contributed by atoms with Gasteiger partial charge in [-0.1, -0.05) is 13.3 Å². The van der Waals surface area contributed by atoms with E-state index in [2.05, 4.69) is 11.8 Å². The molecular formula is C13H25NO2. The van der Waals surface area contributed by atoms with Gasteiger partial charge in [0.05, 0.1) is 12.7 Å². The van der Waals surface area contributed by atoms with Gasteiger partial charge in [0.25, 0.3) is 0 Å². The molecule has 1 aliphatic carbocycles. The fourth-order valence-corrected chi connectivity index (χ4v) is 2.66. The van der Waals surface area contributed by atoms with Crippen molar-refractivity contribution in [3.05, 3.63) is 0 Å². The van der Waals surface area contributed by atoms with Gasteiger partial charge in [-0.2, -0.15) is 0 Å². The number of nitrogens with zero attached hydrogens (tertiary/aromatic N) is 1. The van der Waals surface area contributed by atoms with Gasteiger partial charge in [-0.05, 0) is 31.7 Å². The first-order chi connectivity index (χ1) is 7.79. The Bertz CT molecular complexity index is 206. The van der Waals surface area contributed by atoms with E-state index in [4.69, 9.17) is 4.74 Å². The van der Waals surface area contributed by atoms with E-state index in [0.717, 1.165) is 38.6 Å². The van der Waals surface area contributed by atoms with Gasteiger partial charge in [-0.15, -0.1) is 0 Å². The Balaban J connectivity index is 1.75. The largest absolute Gasteiger partial charge is 0.393 e. The summed E-state index contributed by atoms with van der Waals surface area (Å²) in [4.78, 5) is 2.49. The first-order valence-electron chi connectivity index (χ1n) is 6.77. The summed E-state index contributed by atoms with van der Waals surface area (Å²) < 4.78 is 5.46. The molecule has 0 amide bonds. The van der Waals surface area contributed by atoms with Gasteiger partial charge < -0.3 is 14.7 Å². The van der Waals surface area contributed by atoms with Crippen molar-refractivity contribution in [1.82, 2.24) is 4.90 Å². The first-order valence-corrected chi connectivity index (χ1v) is 6.77. The zero-order valence-corrected chi connectivity index (χ0v) is 10.4. The van der Waals surface area contributed by atoms with E-state index >= 15 is 0 Å². The SMILES string of the molecule is CCN(CC1CCC1)CC1COCCC1O. The van der Waals surface area contributed by atoms with Crippen molar-refractivity contribution in [1.29, 1.82) is 0 Å². The molecule has 3 heteroatoms. The Hall–Kier alpha value is -0.120. The summed E-state index contributed by atoms with van der Waals surface area (Å²) in [6.45, 7) is 7.01. The molecule has 16 heavy (non-hydrogen) atoms. The van der Waals surface area contributed by atoms with E-state index in [1.165, 1.54) is 25.8 Å². The molecule has 1 N–H and O–H groups in total. The Kier molecular flexibility index (Phi) is 4.62. The van der Waals surface area contributed by atoms with Gasteiger partial charge in [0, 0.05) is 25.6 Å². The van der Waals surface area contributed by atoms with Gasteiger partial charge in [0.2, 0.25) is 0 Å². The number of aliphatic hydroxyl groups is 1. The van der Waals surface area contributed by atoms with Crippen LogP contribution in [0.2, 0.25) is 0 Å². The third-order valence-corrected chi connectivity index (χ3v) is 4.12. The molecule has 2 unspecified atom stereocenters. The molecule has 0 spiro atoms. The maximum Gasteiger partial charge on any atom is 0.0624 e. The zero-order valence-electron chi connectivity index (χ0n) is 10.4. The third kappa shape index (κ3) is 3.19. The van der Waals surface area contributed by atoms with Crippen LogP contribution in [0.1, 0.15) is 32.6 Å². The van der Waals surface area contributed by atoms with Gasteiger partial charge in [0.15, 0.2) is 0 Å². The summed E-state index contributed by atoms with van der Waals surface area (Å²) in [6, 6.07) is 0. The number of hydrogen-bond donors (Lipinski definition) is 1. The van der Waals surface area contributed by atoms with Gasteiger partial charge in [-0.25, -0.2) is 0 Å². The molecule has 0 radical (unpaired) electrons. The predicted octanol–water partition coefficient (Wildman–Crippen LogP) is 1.51. The molecule has 2 fully saturated rings. The van der Waals surface area contributed by atoms with Crippen LogP contribution in [0.5, 0.6) is 0 Å². The van der Waals surface area contributed by atoms with Crippen LogP contribution < -0.4 is 0 Å². The van der Waals surface area contributed by atoms with Crippen molar-refractivity contribution in [2.75, 3.05) is 32.8 Å². The molecule has 2 rings (SSSR count). The molecule has 1 aliphatic heterocycles. The average molecular weight is 227 g/mol. The fraction of sp³-hybridized carbons (Fsp3) is 1.00. The predicted molar refractivity (Wildman–Crippen MR) is 64.4 cm³/mol.